The molecule has 1 heterocycles. The molecule has 0 atom stereocenters. The maximum atomic E-state index is 11.7. The minimum absolute atomic E-state index is 0.147. The number of anilines is 2. The van der Waals surface area contributed by atoms with Crippen molar-refractivity contribution in [3.8, 4) is 0 Å². The van der Waals surface area contributed by atoms with Crippen LogP contribution < -0.4 is 11.1 Å². The molecule has 0 aliphatic rings. The van der Waals surface area contributed by atoms with Gasteiger partial charge in [0, 0.05) is 6.20 Å². The zero-order chi connectivity index (χ0) is 12.3. The van der Waals surface area contributed by atoms with Gasteiger partial charge in [-0.3, -0.25) is 9.48 Å². The summed E-state index contributed by atoms with van der Waals surface area (Å²) in [6.45, 7) is 2.06. The van der Waals surface area contributed by atoms with E-state index in [2.05, 4.69) is 10.4 Å². The summed E-state index contributed by atoms with van der Waals surface area (Å²) >= 11 is 0. The Morgan fingerprint density at radius 1 is 1.41 bits per heavy atom. The third-order valence-corrected chi connectivity index (χ3v) is 2.31. The van der Waals surface area contributed by atoms with Gasteiger partial charge in [0.15, 0.2) is 0 Å². The number of nitrogens with two attached hydrogens (primary N) is 1. The summed E-state index contributed by atoms with van der Waals surface area (Å²) in [6, 6.07) is 9.01. The van der Waals surface area contributed by atoms with Crippen LogP contribution in [-0.2, 0) is 11.3 Å². The number of nitrogens with zero attached hydrogens (tertiary/aromatic N) is 2. The Kier molecular flexibility index (Phi) is 3.09. The number of hydrogen-bond acceptors (Lipinski definition) is 3. The van der Waals surface area contributed by atoms with Crippen molar-refractivity contribution in [1.82, 2.24) is 9.78 Å². The SMILES string of the molecule is Cc1ccn(CC(=O)Nc2ccccc2N)n1. The van der Waals surface area contributed by atoms with Crippen molar-refractivity contribution in [2.24, 2.45) is 0 Å². The van der Waals surface area contributed by atoms with Crippen molar-refractivity contribution in [1.29, 1.82) is 0 Å². The number of carbonyl (C=O) groups is 1. The van der Waals surface area contributed by atoms with Crippen LogP contribution >= 0.6 is 0 Å². The topological polar surface area (TPSA) is 72.9 Å². The van der Waals surface area contributed by atoms with E-state index in [9.17, 15) is 4.79 Å². The van der Waals surface area contributed by atoms with Gasteiger partial charge in [-0.15, -0.1) is 0 Å². The predicted molar refractivity (Wildman–Crippen MR) is 66.4 cm³/mol. The second kappa shape index (κ2) is 4.69. The lowest BCUT2D eigenvalue weighted by atomic mass is 10.2. The third-order valence-electron chi connectivity index (χ3n) is 2.31. The van der Waals surface area contributed by atoms with Crippen molar-refractivity contribution in [2.75, 3.05) is 11.1 Å². The van der Waals surface area contributed by atoms with Gasteiger partial charge in [-0.2, -0.15) is 5.10 Å². The van der Waals surface area contributed by atoms with Gasteiger partial charge in [0.25, 0.3) is 0 Å². The Morgan fingerprint density at radius 3 is 2.82 bits per heavy atom. The Bertz CT molecular complexity index is 533. The average molecular weight is 230 g/mol. The van der Waals surface area contributed by atoms with E-state index in [4.69, 9.17) is 5.73 Å². The minimum atomic E-state index is -0.147. The third kappa shape index (κ3) is 2.84. The summed E-state index contributed by atoms with van der Waals surface area (Å²) in [5, 5.41) is 6.88. The van der Waals surface area contributed by atoms with Gasteiger partial charge in [-0.1, -0.05) is 12.1 Å². The lowest BCUT2D eigenvalue weighted by molar-refractivity contribution is -0.116. The van der Waals surface area contributed by atoms with E-state index in [1.54, 1.807) is 23.0 Å². The molecule has 17 heavy (non-hydrogen) atoms. The lowest BCUT2D eigenvalue weighted by Crippen LogP contribution is -2.19. The maximum absolute atomic E-state index is 11.7. The molecular weight excluding hydrogens is 216 g/mol. The summed E-state index contributed by atoms with van der Waals surface area (Å²) in [6.07, 6.45) is 1.77. The van der Waals surface area contributed by atoms with Crippen LogP contribution in [0.1, 0.15) is 5.69 Å². The first-order chi connectivity index (χ1) is 8.15. The molecule has 5 nitrogen and oxygen atoms in total. The van der Waals surface area contributed by atoms with E-state index in [0.29, 0.717) is 11.4 Å². The van der Waals surface area contributed by atoms with Gasteiger partial charge in [0.1, 0.15) is 6.54 Å². The molecule has 0 unspecified atom stereocenters. The van der Waals surface area contributed by atoms with Crippen LogP contribution in [0.4, 0.5) is 11.4 Å². The molecule has 0 saturated heterocycles. The number of amides is 1. The van der Waals surface area contributed by atoms with Crippen LogP contribution in [0.3, 0.4) is 0 Å². The van der Waals surface area contributed by atoms with Crippen LogP contribution in [0, 0.1) is 6.92 Å². The predicted octanol–water partition coefficient (Wildman–Crippen LogP) is 1.41. The van der Waals surface area contributed by atoms with E-state index in [1.165, 1.54) is 0 Å². The molecule has 0 spiro atoms. The number of benzene rings is 1. The van der Waals surface area contributed by atoms with E-state index >= 15 is 0 Å². The summed E-state index contributed by atoms with van der Waals surface area (Å²) in [5.74, 6) is -0.147. The highest BCUT2D eigenvalue weighted by molar-refractivity contribution is 5.93. The van der Waals surface area contributed by atoms with E-state index in [-0.39, 0.29) is 12.5 Å². The molecular formula is C12H14N4O. The van der Waals surface area contributed by atoms with Crippen molar-refractivity contribution in [3.05, 3.63) is 42.2 Å². The Labute approximate surface area is 99.2 Å². The fourth-order valence-electron chi connectivity index (χ4n) is 1.50. The van der Waals surface area contributed by atoms with Crippen LogP contribution in [0.15, 0.2) is 36.5 Å². The summed E-state index contributed by atoms with van der Waals surface area (Å²) in [4.78, 5) is 11.7. The first-order valence-electron chi connectivity index (χ1n) is 5.29. The van der Waals surface area contributed by atoms with Crippen LogP contribution in [0.2, 0.25) is 0 Å². The lowest BCUT2D eigenvalue weighted by Gasteiger charge is -2.07. The van der Waals surface area contributed by atoms with Crippen molar-refractivity contribution in [2.45, 2.75) is 13.5 Å². The minimum Gasteiger partial charge on any atom is -0.397 e. The van der Waals surface area contributed by atoms with Crippen molar-refractivity contribution in [3.63, 3.8) is 0 Å². The number of rotatable bonds is 3. The molecule has 1 aromatic heterocycles. The average Bonchev–Trinajstić information content (AvgIpc) is 2.67. The van der Waals surface area contributed by atoms with E-state index in [0.717, 1.165) is 5.69 Å². The number of para-hydroxylation sites is 2. The van der Waals surface area contributed by atoms with Gasteiger partial charge in [-0.05, 0) is 25.1 Å². The fourth-order valence-corrected chi connectivity index (χ4v) is 1.50. The second-order valence-electron chi connectivity index (χ2n) is 3.79. The van der Waals surface area contributed by atoms with Gasteiger partial charge in [-0.25, -0.2) is 0 Å². The number of hydrogen-bond donors (Lipinski definition) is 2. The highest BCUT2D eigenvalue weighted by atomic mass is 16.2. The number of aryl methyl sites for hydroxylation is 1. The maximum Gasteiger partial charge on any atom is 0.246 e. The molecule has 0 bridgehead atoms. The van der Waals surface area contributed by atoms with Gasteiger partial charge in [0.2, 0.25) is 5.91 Å². The molecule has 0 radical (unpaired) electrons. The first kappa shape index (κ1) is 11.2. The molecule has 0 saturated carbocycles. The molecule has 0 fully saturated rings. The molecule has 2 rings (SSSR count). The molecule has 2 aromatic rings. The Hall–Kier alpha value is -2.30. The van der Waals surface area contributed by atoms with E-state index < -0.39 is 0 Å². The van der Waals surface area contributed by atoms with Crippen LogP contribution in [-0.4, -0.2) is 15.7 Å². The Balaban J connectivity index is 2.01. The highest BCUT2D eigenvalue weighted by Crippen LogP contribution is 2.16. The molecule has 0 aliphatic carbocycles. The van der Waals surface area contributed by atoms with Crippen molar-refractivity contribution >= 4 is 17.3 Å². The first-order valence-corrected chi connectivity index (χ1v) is 5.29. The highest BCUT2D eigenvalue weighted by Gasteiger charge is 2.05. The Morgan fingerprint density at radius 2 is 2.18 bits per heavy atom. The standard InChI is InChI=1S/C12H14N4O/c1-9-6-7-16(15-9)8-12(17)14-11-5-3-2-4-10(11)13/h2-7H,8,13H2,1H3,(H,14,17). The second-order valence-corrected chi connectivity index (χ2v) is 3.79. The van der Waals surface area contributed by atoms with Gasteiger partial charge in [0.05, 0.1) is 17.1 Å². The summed E-state index contributed by atoms with van der Waals surface area (Å²) in [5.41, 5.74) is 7.79. The molecule has 88 valence electrons. The largest absolute Gasteiger partial charge is 0.397 e. The quantitative estimate of drug-likeness (QED) is 0.783. The van der Waals surface area contributed by atoms with Gasteiger partial charge < -0.3 is 11.1 Å². The summed E-state index contributed by atoms with van der Waals surface area (Å²) < 4.78 is 1.59. The number of aromatic nitrogens is 2. The molecule has 3 N–H and O–H groups in total. The summed E-state index contributed by atoms with van der Waals surface area (Å²) in [7, 11) is 0. The van der Waals surface area contributed by atoms with Crippen molar-refractivity contribution < 1.29 is 4.79 Å². The normalized spacial score (nSPS) is 10.2. The fraction of sp³-hybridized carbons (Fsp3) is 0.167. The molecule has 0 aliphatic heterocycles. The zero-order valence-electron chi connectivity index (χ0n) is 9.55. The monoisotopic (exact) mass is 230 g/mol. The number of nitrogen functional groups attached to an aromatic ring is 1. The smallest absolute Gasteiger partial charge is 0.246 e. The van der Waals surface area contributed by atoms with E-state index in [1.807, 2.05) is 25.1 Å². The zero-order valence-corrected chi connectivity index (χ0v) is 9.55. The van der Waals surface area contributed by atoms with Crippen LogP contribution in [0.5, 0.6) is 0 Å². The van der Waals surface area contributed by atoms with Crippen LogP contribution in [0.25, 0.3) is 0 Å². The molecule has 5 heteroatoms. The molecule has 1 amide bonds. The number of nitrogens with one attached hydrogen (secondary N) is 1. The van der Waals surface area contributed by atoms with Gasteiger partial charge >= 0.3 is 0 Å². The number of carbonyl (C=O) groups excluding carboxylic acids is 1. The molecule has 1 aromatic carbocycles.